The van der Waals surface area contributed by atoms with Gasteiger partial charge in [-0.1, -0.05) is 28.1 Å². The van der Waals surface area contributed by atoms with Gasteiger partial charge in [0.25, 0.3) is 0 Å². The molecular formula is C12H14BrN3. The number of aromatic nitrogens is 2. The third-order valence-corrected chi connectivity index (χ3v) is 2.95. The van der Waals surface area contributed by atoms with Crippen LogP contribution in [-0.4, -0.2) is 9.55 Å². The summed E-state index contributed by atoms with van der Waals surface area (Å²) in [4.78, 5) is 4.13. The van der Waals surface area contributed by atoms with Crippen molar-refractivity contribution in [3.05, 3.63) is 52.5 Å². The second-order valence-corrected chi connectivity index (χ2v) is 4.78. The van der Waals surface area contributed by atoms with Gasteiger partial charge in [-0.05, 0) is 24.6 Å². The van der Waals surface area contributed by atoms with Crippen LogP contribution in [-0.2, 0) is 6.54 Å². The fraction of sp³-hybridized carbons (Fsp3) is 0.250. The summed E-state index contributed by atoms with van der Waals surface area (Å²) in [7, 11) is 0. The van der Waals surface area contributed by atoms with Gasteiger partial charge in [0.1, 0.15) is 0 Å². The van der Waals surface area contributed by atoms with E-state index in [1.54, 1.807) is 0 Å². The van der Waals surface area contributed by atoms with Crippen LogP contribution in [0.4, 0.5) is 0 Å². The monoisotopic (exact) mass is 279 g/mol. The molecule has 1 unspecified atom stereocenters. The molecule has 16 heavy (non-hydrogen) atoms. The second-order valence-electron chi connectivity index (χ2n) is 3.87. The van der Waals surface area contributed by atoms with Gasteiger partial charge in [-0.25, -0.2) is 4.98 Å². The van der Waals surface area contributed by atoms with Crippen LogP contribution in [0.15, 0.2) is 41.3 Å². The molecule has 0 saturated heterocycles. The van der Waals surface area contributed by atoms with Crippen molar-refractivity contribution in [2.75, 3.05) is 0 Å². The van der Waals surface area contributed by atoms with E-state index in [0.717, 1.165) is 16.7 Å². The fourth-order valence-electron chi connectivity index (χ4n) is 1.67. The van der Waals surface area contributed by atoms with Gasteiger partial charge in [-0.3, -0.25) is 0 Å². The molecule has 0 aliphatic carbocycles. The Bertz CT molecular complexity index is 477. The number of hydrogen-bond donors (Lipinski definition) is 1. The molecule has 0 bridgehead atoms. The first-order valence-electron chi connectivity index (χ1n) is 5.17. The Morgan fingerprint density at radius 3 is 3.00 bits per heavy atom. The molecule has 0 aliphatic rings. The van der Waals surface area contributed by atoms with Crippen LogP contribution in [0.5, 0.6) is 0 Å². The molecule has 0 spiro atoms. The molecule has 1 heterocycles. The summed E-state index contributed by atoms with van der Waals surface area (Å²) in [5, 5.41) is 0. The first-order valence-corrected chi connectivity index (χ1v) is 5.96. The summed E-state index contributed by atoms with van der Waals surface area (Å²) < 4.78 is 3.17. The van der Waals surface area contributed by atoms with Crippen LogP contribution in [0.2, 0.25) is 0 Å². The van der Waals surface area contributed by atoms with E-state index in [1.165, 1.54) is 5.56 Å². The van der Waals surface area contributed by atoms with Crippen LogP contribution in [0.3, 0.4) is 0 Å². The zero-order chi connectivity index (χ0) is 11.5. The van der Waals surface area contributed by atoms with Crippen molar-refractivity contribution in [3.63, 3.8) is 0 Å². The lowest BCUT2D eigenvalue weighted by Gasteiger charge is -2.10. The van der Waals surface area contributed by atoms with Crippen LogP contribution in [0.25, 0.3) is 0 Å². The van der Waals surface area contributed by atoms with Gasteiger partial charge in [0.05, 0.1) is 12.0 Å². The molecule has 84 valence electrons. The van der Waals surface area contributed by atoms with Gasteiger partial charge >= 0.3 is 0 Å². The van der Waals surface area contributed by atoms with E-state index in [-0.39, 0.29) is 6.04 Å². The molecular weight excluding hydrogens is 266 g/mol. The van der Waals surface area contributed by atoms with Crippen molar-refractivity contribution >= 4 is 15.9 Å². The Labute approximate surface area is 103 Å². The number of hydrogen-bond acceptors (Lipinski definition) is 2. The summed E-state index contributed by atoms with van der Waals surface area (Å²) in [5.41, 5.74) is 8.16. The number of rotatable bonds is 3. The van der Waals surface area contributed by atoms with Crippen LogP contribution in [0.1, 0.15) is 24.2 Å². The van der Waals surface area contributed by atoms with E-state index in [4.69, 9.17) is 5.73 Å². The third kappa shape index (κ3) is 2.51. The lowest BCUT2D eigenvalue weighted by Crippen LogP contribution is -2.12. The molecule has 2 N–H and O–H groups in total. The standard InChI is InChI=1S/C12H14BrN3/c1-9(14)12-6-15-8-16(12)7-10-3-2-4-11(13)5-10/h2-6,8-9H,7,14H2,1H3. The van der Waals surface area contributed by atoms with Crippen LogP contribution < -0.4 is 5.73 Å². The van der Waals surface area contributed by atoms with Crippen LogP contribution in [0, 0.1) is 0 Å². The third-order valence-electron chi connectivity index (χ3n) is 2.45. The molecule has 2 rings (SSSR count). The van der Waals surface area contributed by atoms with Crippen LogP contribution >= 0.6 is 15.9 Å². The number of nitrogens with two attached hydrogens (primary N) is 1. The molecule has 4 heteroatoms. The Morgan fingerprint density at radius 2 is 2.31 bits per heavy atom. The maximum atomic E-state index is 5.87. The Morgan fingerprint density at radius 1 is 1.50 bits per heavy atom. The van der Waals surface area contributed by atoms with Crippen molar-refractivity contribution in [3.8, 4) is 0 Å². The molecule has 0 saturated carbocycles. The lowest BCUT2D eigenvalue weighted by atomic mass is 10.2. The van der Waals surface area contributed by atoms with Gasteiger partial charge < -0.3 is 10.3 Å². The second kappa shape index (κ2) is 4.80. The molecule has 0 fully saturated rings. The van der Waals surface area contributed by atoms with Crippen molar-refractivity contribution in [1.82, 2.24) is 9.55 Å². The highest BCUT2D eigenvalue weighted by atomic mass is 79.9. The minimum absolute atomic E-state index is 0.00894. The summed E-state index contributed by atoms with van der Waals surface area (Å²) in [6.45, 7) is 2.77. The first kappa shape index (κ1) is 11.4. The molecule has 1 aromatic heterocycles. The Hall–Kier alpha value is -1.13. The van der Waals surface area contributed by atoms with Crippen molar-refractivity contribution in [2.24, 2.45) is 5.73 Å². The molecule has 1 atom stereocenters. The lowest BCUT2D eigenvalue weighted by molar-refractivity contribution is 0.674. The Balaban J connectivity index is 2.24. The molecule has 0 aliphatic heterocycles. The largest absolute Gasteiger partial charge is 0.329 e. The fourth-order valence-corrected chi connectivity index (χ4v) is 2.12. The quantitative estimate of drug-likeness (QED) is 0.939. The normalized spacial score (nSPS) is 12.7. The highest BCUT2D eigenvalue weighted by molar-refractivity contribution is 9.10. The molecule has 0 amide bonds. The molecule has 0 radical (unpaired) electrons. The van der Waals surface area contributed by atoms with Gasteiger partial charge in [-0.15, -0.1) is 0 Å². The van der Waals surface area contributed by atoms with Crippen molar-refractivity contribution in [2.45, 2.75) is 19.5 Å². The highest BCUT2D eigenvalue weighted by Crippen LogP contribution is 2.15. The predicted molar refractivity (Wildman–Crippen MR) is 68.1 cm³/mol. The van der Waals surface area contributed by atoms with E-state index < -0.39 is 0 Å². The van der Waals surface area contributed by atoms with E-state index >= 15 is 0 Å². The van der Waals surface area contributed by atoms with Gasteiger partial charge in [0.15, 0.2) is 0 Å². The summed E-state index contributed by atoms with van der Waals surface area (Å²) in [6, 6.07) is 8.25. The van der Waals surface area contributed by atoms with E-state index in [1.807, 2.05) is 31.6 Å². The highest BCUT2D eigenvalue weighted by Gasteiger charge is 2.06. The summed E-state index contributed by atoms with van der Waals surface area (Å²) in [6.07, 6.45) is 3.64. The molecule has 1 aromatic carbocycles. The average Bonchev–Trinajstić information content (AvgIpc) is 2.66. The summed E-state index contributed by atoms with van der Waals surface area (Å²) in [5.74, 6) is 0. The van der Waals surface area contributed by atoms with Crippen molar-refractivity contribution in [1.29, 1.82) is 0 Å². The van der Waals surface area contributed by atoms with Crippen molar-refractivity contribution < 1.29 is 0 Å². The number of halogens is 1. The number of nitrogens with zero attached hydrogens (tertiary/aromatic N) is 2. The minimum Gasteiger partial charge on any atom is -0.329 e. The Kier molecular flexibility index (Phi) is 3.41. The average molecular weight is 280 g/mol. The SMILES string of the molecule is CC(N)c1cncn1Cc1cccc(Br)c1. The van der Waals surface area contributed by atoms with E-state index in [0.29, 0.717) is 0 Å². The maximum Gasteiger partial charge on any atom is 0.0951 e. The summed E-state index contributed by atoms with van der Waals surface area (Å²) >= 11 is 3.46. The zero-order valence-electron chi connectivity index (χ0n) is 9.10. The van der Waals surface area contributed by atoms with Gasteiger partial charge in [0, 0.05) is 23.3 Å². The van der Waals surface area contributed by atoms with E-state index in [2.05, 4.69) is 37.6 Å². The molecule has 3 nitrogen and oxygen atoms in total. The topological polar surface area (TPSA) is 43.8 Å². The van der Waals surface area contributed by atoms with Gasteiger partial charge in [0.2, 0.25) is 0 Å². The first-order chi connectivity index (χ1) is 7.66. The predicted octanol–water partition coefficient (Wildman–Crippen LogP) is 2.71. The number of benzene rings is 1. The zero-order valence-corrected chi connectivity index (χ0v) is 10.7. The number of imidazole rings is 1. The minimum atomic E-state index is 0.00894. The molecule has 2 aromatic rings. The van der Waals surface area contributed by atoms with Gasteiger partial charge in [-0.2, -0.15) is 0 Å². The smallest absolute Gasteiger partial charge is 0.0951 e. The van der Waals surface area contributed by atoms with E-state index in [9.17, 15) is 0 Å². The maximum absolute atomic E-state index is 5.87.